The standard InChI is InChI=1S/C17H27N3O2/c1-17(2)7-4-10-20(11-8-17)15-6-5-14(13-19-15)16(21)18-9-12-22-3/h5-6,13H,4,7-12H2,1-3H3,(H,18,21). The van der Waals surface area contributed by atoms with Crippen LogP contribution in [0.4, 0.5) is 5.82 Å². The minimum atomic E-state index is -0.104. The first kappa shape index (κ1) is 16.7. The molecule has 2 rings (SSSR count). The van der Waals surface area contributed by atoms with Crippen molar-refractivity contribution in [3.63, 3.8) is 0 Å². The number of hydrogen-bond acceptors (Lipinski definition) is 4. The summed E-state index contributed by atoms with van der Waals surface area (Å²) in [4.78, 5) is 18.7. The SMILES string of the molecule is COCCNC(=O)c1ccc(N2CCCC(C)(C)CC2)nc1. The Hall–Kier alpha value is -1.62. The van der Waals surface area contributed by atoms with Crippen molar-refractivity contribution in [1.82, 2.24) is 10.3 Å². The van der Waals surface area contributed by atoms with Crippen LogP contribution in [0.2, 0.25) is 0 Å². The zero-order valence-electron chi connectivity index (χ0n) is 13.9. The highest BCUT2D eigenvalue weighted by Gasteiger charge is 2.23. The fraction of sp³-hybridized carbons (Fsp3) is 0.647. The molecular weight excluding hydrogens is 278 g/mol. The van der Waals surface area contributed by atoms with Gasteiger partial charge in [0.1, 0.15) is 5.82 Å². The average molecular weight is 305 g/mol. The first-order valence-electron chi connectivity index (χ1n) is 8.00. The quantitative estimate of drug-likeness (QED) is 0.849. The molecule has 1 aromatic rings. The molecule has 1 amide bonds. The molecule has 0 bridgehead atoms. The van der Waals surface area contributed by atoms with E-state index in [1.807, 2.05) is 12.1 Å². The minimum Gasteiger partial charge on any atom is -0.383 e. The number of aromatic nitrogens is 1. The van der Waals surface area contributed by atoms with Gasteiger partial charge in [-0.15, -0.1) is 0 Å². The van der Waals surface area contributed by atoms with Crippen molar-refractivity contribution in [1.29, 1.82) is 0 Å². The molecule has 1 saturated heterocycles. The second kappa shape index (κ2) is 7.58. The number of pyridine rings is 1. The fourth-order valence-electron chi connectivity index (χ4n) is 2.73. The molecule has 0 atom stereocenters. The summed E-state index contributed by atoms with van der Waals surface area (Å²) in [5, 5.41) is 2.80. The zero-order chi connectivity index (χ0) is 16.0. The Morgan fingerprint density at radius 2 is 2.18 bits per heavy atom. The van der Waals surface area contributed by atoms with Crippen LogP contribution in [0.15, 0.2) is 18.3 Å². The maximum absolute atomic E-state index is 11.9. The van der Waals surface area contributed by atoms with Gasteiger partial charge in [-0.2, -0.15) is 0 Å². The van der Waals surface area contributed by atoms with Gasteiger partial charge in [0.15, 0.2) is 0 Å². The van der Waals surface area contributed by atoms with E-state index in [1.54, 1.807) is 13.3 Å². The third kappa shape index (κ3) is 4.70. The largest absolute Gasteiger partial charge is 0.383 e. The molecule has 0 radical (unpaired) electrons. The van der Waals surface area contributed by atoms with E-state index in [-0.39, 0.29) is 5.91 Å². The first-order valence-corrected chi connectivity index (χ1v) is 8.00. The van der Waals surface area contributed by atoms with E-state index < -0.39 is 0 Å². The second-order valence-corrected chi connectivity index (χ2v) is 6.66. The van der Waals surface area contributed by atoms with Crippen LogP contribution in [0.3, 0.4) is 0 Å². The molecule has 0 aromatic carbocycles. The van der Waals surface area contributed by atoms with Gasteiger partial charge in [0.05, 0.1) is 12.2 Å². The third-order valence-electron chi connectivity index (χ3n) is 4.27. The summed E-state index contributed by atoms with van der Waals surface area (Å²) in [5.41, 5.74) is 1.01. The van der Waals surface area contributed by atoms with E-state index in [9.17, 15) is 4.79 Å². The number of ether oxygens (including phenoxy) is 1. The van der Waals surface area contributed by atoms with Gasteiger partial charge in [0.25, 0.3) is 5.91 Å². The molecule has 0 unspecified atom stereocenters. The van der Waals surface area contributed by atoms with Crippen LogP contribution in [-0.4, -0.2) is 44.2 Å². The highest BCUT2D eigenvalue weighted by atomic mass is 16.5. The van der Waals surface area contributed by atoms with E-state index in [1.165, 1.54) is 19.3 Å². The second-order valence-electron chi connectivity index (χ2n) is 6.66. The van der Waals surface area contributed by atoms with Gasteiger partial charge in [0.2, 0.25) is 0 Å². The Kier molecular flexibility index (Phi) is 5.77. The number of nitrogens with zero attached hydrogens (tertiary/aromatic N) is 2. The number of carbonyl (C=O) groups is 1. The monoisotopic (exact) mass is 305 g/mol. The van der Waals surface area contributed by atoms with E-state index in [0.29, 0.717) is 24.1 Å². The van der Waals surface area contributed by atoms with Crippen molar-refractivity contribution in [3.05, 3.63) is 23.9 Å². The van der Waals surface area contributed by atoms with Crippen LogP contribution in [-0.2, 0) is 4.74 Å². The lowest BCUT2D eigenvalue weighted by atomic mass is 9.85. The molecule has 1 aromatic heterocycles. The Balaban J connectivity index is 1.95. The van der Waals surface area contributed by atoms with Crippen molar-refractivity contribution < 1.29 is 9.53 Å². The smallest absolute Gasteiger partial charge is 0.252 e. The molecule has 2 heterocycles. The van der Waals surface area contributed by atoms with Crippen LogP contribution < -0.4 is 10.2 Å². The molecule has 22 heavy (non-hydrogen) atoms. The topological polar surface area (TPSA) is 54.5 Å². The first-order chi connectivity index (χ1) is 10.5. The van der Waals surface area contributed by atoms with Crippen molar-refractivity contribution in [3.8, 4) is 0 Å². The Bertz CT molecular complexity index is 485. The van der Waals surface area contributed by atoms with Crippen molar-refractivity contribution in [2.24, 2.45) is 5.41 Å². The van der Waals surface area contributed by atoms with Gasteiger partial charge < -0.3 is 15.0 Å². The normalized spacial score (nSPS) is 17.9. The lowest BCUT2D eigenvalue weighted by Gasteiger charge is -2.24. The van der Waals surface area contributed by atoms with Gasteiger partial charge in [0, 0.05) is 32.9 Å². The Morgan fingerprint density at radius 3 is 2.86 bits per heavy atom. The average Bonchev–Trinajstić information content (AvgIpc) is 2.68. The molecule has 0 saturated carbocycles. The predicted molar refractivity (Wildman–Crippen MR) is 88.3 cm³/mol. The predicted octanol–water partition coefficient (Wildman–Crippen LogP) is 2.47. The Morgan fingerprint density at radius 1 is 1.36 bits per heavy atom. The van der Waals surface area contributed by atoms with Crippen molar-refractivity contribution in [2.75, 3.05) is 38.3 Å². The molecule has 0 aliphatic carbocycles. The lowest BCUT2D eigenvalue weighted by molar-refractivity contribution is 0.0937. The van der Waals surface area contributed by atoms with E-state index in [0.717, 1.165) is 18.9 Å². The maximum Gasteiger partial charge on any atom is 0.252 e. The van der Waals surface area contributed by atoms with Crippen molar-refractivity contribution >= 4 is 11.7 Å². The summed E-state index contributed by atoms with van der Waals surface area (Å²) < 4.78 is 4.92. The minimum absolute atomic E-state index is 0.104. The maximum atomic E-state index is 11.9. The van der Waals surface area contributed by atoms with Crippen molar-refractivity contribution in [2.45, 2.75) is 33.1 Å². The molecule has 1 fully saturated rings. The summed E-state index contributed by atoms with van der Waals surface area (Å²) in [7, 11) is 1.62. The highest BCUT2D eigenvalue weighted by molar-refractivity contribution is 5.94. The lowest BCUT2D eigenvalue weighted by Crippen LogP contribution is -2.28. The summed E-state index contributed by atoms with van der Waals surface area (Å²) in [6, 6.07) is 3.80. The molecule has 1 aliphatic heterocycles. The zero-order valence-corrected chi connectivity index (χ0v) is 13.9. The van der Waals surface area contributed by atoms with Crippen LogP contribution >= 0.6 is 0 Å². The van der Waals surface area contributed by atoms with Crippen LogP contribution in [0.1, 0.15) is 43.5 Å². The molecule has 122 valence electrons. The van der Waals surface area contributed by atoms with E-state index in [4.69, 9.17) is 4.74 Å². The summed E-state index contributed by atoms with van der Waals surface area (Å²) in [5.74, 6) is 0.860. The number of rotatable bonds is 5. The fourth-order valence-corrected chi connectivity index (χ4v) is 2.73. The number of anilines is 1. The molecular formula is C17H27N3O2. The molecule has 5 nitrogen and oxygen atoms in total. The molecule has 1 N–H and O–H groups in total. The number of nitrogens with one attached hydrogen (secondary N) is 1. The van der Waals surface area contributed by atoms with E-state index >= 15 is 0 Å². The summed E-state index contributed by atoms with van der Waals surface area (Å²) in [6.45, 7) is 7.75. The molecule has 5 heteroatoms. The Labute approximate surface area is 133 Å². The summed E-state index contributed by atoms with van der Waals surface area (Å²) >= 11 is 0. The highest BCUT2D eigenvalue weighted by Crippen LogP contribution is 2.31. The molecule has 1 aliphatic rings. The van der Waals surface area contributed by atoms with Gasteiger partial charge >= 0.3 is 0 Å². The van der Waals surface area contributed by atoms with Crippen LogP contribution in [0, 0.1) is 5.41 Å². The number of methoxy groups -OCH3 is 1. The third-order valence-corrected chi connectivity index (χ3v) is 4.27. The van der Waals surface area contributed by atoms with Gasteiger partial charge in [-0.3, -0.25) is 4.79 Å². The van der Waals surface area contributed by atoms with E-state index in [2.05, 4.69) is 29.0 Å². The number of amides is 1. The molecule has 0 spiro atoms. The number of hydrogen-bond donors (Lipinski definition) is 1. The van der Waals surface area contributed by atoms with Crippen LogP contribution in [0.25, 0.3) is 0 Å². The summed E-state index contributed by atoms with van der Waals surface area (Å²) in [6.07, 6.45) is 5.28. The van der Waals surface area contributed by atoms with Gasteiger partial charge in [-0.05, 0) is 36.8 Å². The number of carbonyl (C=O) groups excluding carboxylic acids is 1. The van der Waals surface area contributed by atoms with Gasteiger partial charge in [-0.1, -0.05) is 13.8 Å². The van der Waals surface area contributed by atoms with Crippen LogP contribution in [0.5, 0.6) is 0 Å². The van der Waals surface area contributed by atoms with Gasteiger partial charge in [-0.25, -0.2) is 4.98 Å².